The van der Waals surface area contributed by atoms with Crippen LogP contribution in [0.2, 0.25) is 0 Å². The number of nitrogens with one attached hydrogen (secondary N) is 1. The number of methoxy groups -OCH3 is 1. The van der Waals surface area contributed by atoms with E-state index in [2.05, 4.69) is 5.32 Å². The molecule has 0 aromatic heterocycles. The van der Waals surface area contributed by atoms with Gasteiger partial charge in [-0.15, -0.1) is 0 Å². The van der Waals surface area contributed by atoms with Crippen molar-refractivity contribution in [2.75, 3.05) is 26.9 Å². The molecule has 0 bridgehead atoms. The molecule has 1 rings (SSSR count). The molecule has 3 N–H and O–H groups in total. The van der Waals surface area contributed by atoms with E-state index in [9.17, 15) is 4.79 Å². The van der Waals surface area contributed by atoms with Crippen LogP contribution in [0.15, 0.2) is 0 Å². The van der Waals surface area contributed by atoms with Crippen LogP contribution in [0.4, 0.5) is 0 Å². The lowest BCUT2D eigenvalue weighted by Crippen LogP contribution is -2.62. The molecule has 1 saturated heterocycles. The molecule has 1 atom stereocenters. The van der Waals surface area contributed by atoms with Gasteiger partial charge in [0.2, 0.25) is 5.91 Å². The fourth-order valence-electron chi connectivity index (χ4n) is 2.21. The van der Waals surface area contributed by atoms with Gasteiger partial charge in [0.15, 0.2) is 0 Å². The summed E-state index contributed by atoms with van der Waals surface area (Å²) >= 11 is 0. The fraction of sp³-hybridized carbons (Fsp3) is 0.909. The van der Waals surface area contributed by atoms with E-state index in [4.69, 9.17) is 15.2 Å². The van der Waals surface area contributed by atoms with Crippen LogP contribution < -0.4 is 11.1 Å². The standard InChI is InChI=1S/C11H22N2O3/c1-10(2)8-11(9(12)14,4-6-16-10)13-5-7-15-3/h13H,4-8H2,1-3H3,(H2,12,14). The highest BCUT2D eigenvalue weighted by molar-refractivity contribution is 5.85. The van der Waals surface area contributed by atoms with Crippen molar-refractivity contribution in [3.63, 3.8) is 0 Å². The lowest BCUT2D eigenvalue weighted by Gasteiger charge is -2.43. The van der Waals surface area contributed by atoms with Gasteiger partial charge < -0.3 is 20.5 Å². The Labute approximate surface area is 96.7 Å². The van der Waals surface area contributed by atoms with Crippen LogP contribution in [0.25, 0.3) is 0 Å². The van der Waals surface area contributed by atoms with E-state index in [1.54, 1.807) is 7.11 Å². The van der Waals surface area contributed by atoms with Crippen molar-refractivity contribution in [3.8, 4) is 0 Å². The monoisotopic (exact) mass is 230 g/mol. The molecule has 1 fully saturated rings. The minimum absolute atomic E-state index is 0.306. The van der Waals surface area contributed by atoms with E-state index in [1.165, 1.54) is 0 Å². The van der Waals surface area contributed by atoms with Crippen molar-refractivity contribution in [2.24, 2.45) is 5.73 Å². The second-order valence-electron chi connectivity index (χ2n) is 4.90. The average molecular weight is 230 g/mol. The Morgan fingerprint density at radius 1 is 1.56 bits per heavy atom. The van der Waals surface area contributed by atoms with Crippen LogP contribution in [0.3, 0.4) is 0 Å². The average Bonchev–Trinajstić information content (AvgIpc) is 2.16. The maximum Gasteiger partial charge on any atom is 0.237 e. The molecule has 0 aliphatic carbocycles. The maximum atomic E-state index is 11.6. The molecular weight excluding hydrogens is 208 g/mol. The van der Waals surface area contributed by atoms with Gasteiger partial charge in [-0.3, -0.25) is 4.79 Å². The third kappa shape index (κ3) is 3.17. The van der Waals surface area contributed by atoms with E-state index in [-0.39, 0.29) is 11.5 Å². The van der Waals surface area contributed by atoms with Gasteiger partial charge in [-0.25, -0.2) is 0 Å². The molecule has 0 radical (unpaired) electrons. The number of carbonyl (C=O) groups is 1. The molecule has 5 nitrogen and oxygen atoms in total. The van der Waals surface area contributed by atoms with Crippen LogP contribution in [0.1, 0.15) is 26.7 Å². The molecule has 0 spiro atoms. The summed E-state index contributed by atoms with van der Waals surface area (Å²) in [4.78, 5) is 11.6. The van der Waals surface area contributed by atoms with Crippen molar-refractivity contribution in [2.45, 2.75) is 37.8 Å². The molecule has 1 heterocycles. The molecule has 1 amide bonds. The quantitative estimate of drug-likeness (QED) is 0.654. The van der Waals surface area contributed by atoms with Gasteiger partial charge in [0.05, 0.1) is 12.2 Å². The Morgan fingerprint density at radius 2 is 2.25 bits per heavy atom. The summed E-state index contributed by atoms with van der Waals surface area (Å²) in [5, 5.41) is 3.21. The molecule has 16 heavy (non-hydrogen) atoms. The zero-order valence-electron chi connectivity index (χ0n) is 10.3. The van der Waals surface area contributed by atoms with E-state index in [0.29, 0.717) is 32.6 Å². The third-order valence-corrected chi connectivity index (χ3v) is 2.99. The first-order valence-electron chi connectivity index (χ1n) is 5.60. The zero-order chi connectivity index (χ0) is 12.2. The van der Waals surface area contributed by atoms with Crippen molar-refractivity contribution >= 4 is 5.91 Å². The predicted molar refractivity (Wildman–Crippen MR) is 61.1 cm³/mol. The molecule has 0 saturated carbocycles. The summed E-state index contributed by atoms with van der Waals surface area (Å²) in [7, 11) is 1.63. The number of hydrogen-bond donors (Lipinski definition) is 2. The largest absolute Gasteiger partial charge is 0.383 e. The Balaban J connectivity index is 2.68. The van der Waals surface area contributed by atoms with Gasteiger partial charge in [-0.05, 0) is 20.3 Å². The Kier molecular flexibility index (Phi) is 4.29. The molecule has 1 unspecified atom stereocenters. The number of rotatable bonds is 5. The van der Waals surface area contributed by atoms with Crippen molar-refractivity contribution in [1.29, 1.82) is 0 Å². The number of ether oxygens (including phenoxy) is 2. The molecule has 0 aromatic rings. The van der Waals surface area contributed by atoms with Gasteiger partial charge >= 0.3 is 0 Å². The minimum Gasteiger partial charge on any atom is -0.383 e. The highest BCUT2D eigenvalue weighted by atomic mass is 16.5. The highest BCUT2D eigenvalue weighted by Crippen LogP contribution is 2.31. The van der Waals surface area contributed by atoms with E-state index < -0.39 is 5.54 Å². The number of hydrogen-bond acceptors (Lipinski definition) is 4. The van der Waals surface area contributed by atoms with Crippen molar-refractivity contribution in [3.05, 3.63) is 0 Å². The third-order valence-electron chi connectivity index (χ3n) is 2.99. The van der Waals surface area contributed by atoms with Gasteiger partial charge in [0.1, 0.15) is 5.54 Å². The SMILES string of the molecule is COCCNC1(C(N)=O)CCOC(C)(C)C1. The second kappa shape index (κ2) is 5.12. The highest BCUT2D eigenvalue weighted by Gasteiger charge is 2.44. The van der Waals surface area contributed by atoms with Crippen LogP contribution in [0.5, 0.6) is 0 Å². The smallest absolute Gasteiger partial charge is 0.237 e. The van der Waals surface area contributed by atoms with Crippen LogP contribution in [-0.4, -0.2) is 43.9 Å². The number of primary amides is 1. The predicted octanol–water partition coefficient (Wildman–Crippen LogP) is 0.0355. The maximum absolute atomic E-state index is 11.6. The summed E-state index contributed by atoms with van der Waals surface area (Å²) in [6.07, 6.45) is 1.22. The van der Waals surface area contributed by atoms with Crippen molar-refractivity contribution < 1.29 is 14.3 Å². The van der Waals surface area contributed by atoms with Gasteiger partial charge in [0, 0.05) is 26.7 Å². The minimum atomic E-state index is -0.652. The first kappa shape index (κ1) is 13.4. The number of carbonyl (C=O) groups excluding carboxylic acids is 1. The summed E-state index contributed by atoms with van der Waals surface area (Å²) in [6, 6.07) is 0. The Morgan fingerprint density at radius 3 is 2.75 bits per heavy atom. The summed E-state index contributed by atoms with van der Waals surface area (Å²) in [5.41, 5.74) is 4.54. The van der Waals surface area contributed by atoms with E-state index in [0.717, 1.165) is 0 Å². The van der Waals surface area contributed by atoms with Gasteiger partial charge in [0.25, 0.3) is 0 Å². The Hall–Kier alpha value is -0.650. The van der Waals surface area contributed by atoms with Gasteiger partial charge in [-0.1, -0.05) is 0 Å². The topological polar surface area (TPSA) is 73.6 Å². The molecular formula is C11H22N2O3. The van der Waals surface area contributed by atoms with Gasteiger partial charge in [-0.2, -0.15) is 0 Å². The lowest BCUT2D eigenvalue weighted by molar-refractivity contribution is -0.138. The number of amides is 1. The summed E-state index contributed by atoms with van der Waals surface area (Å²) < 4.78 is 10.6. The summed E-state index contributed by atoms with van der Waals surface area (Å²) in [5.74, 6) is -0.306. The van der Waals surface area contributed by atoms with E-state index >= 15 is 0 Å². The zero-order valence-corrected chi connectivity index (χ0v) is 10.3. The normalized spacial score (nSPS) is 28.9. The molecule has 1 aliphatic rings. The second-order valence-corrected chi connectivity index (χ2v) is 4.90. The van der Waals surface area contributed by atoms with Crippen LogP contribution in [-0.2, 0) is 14.3 Å². The molecule has 94 valence electrons. The lowest BCUT2D eigenvalue weighted by atomic mass is 9.80. The van der Waals surface area contributed by atoms with E-state index in [1.807, 2.05) is 13.8 Å². The van der Waals surface area contributed by atoms with Crippen LogP contribution >= 0.6 is 0 Å². The fourth-order valence-corrected chi connectivity index (χ4v) is 2.21. The molecule has 5 heteroatoms. The molecule has 1 aliphatic heterocycles. The first-order valence-corrected chi connectivity index (χ1v) is 5.60. The summed E-state index contributed by atoms with van der Waals surface area (Å²) in [6.45, 7) is 5.69. The Bertz CT molecular complexity index is 256. The molecule has 0 aromatic carbocycles. The first-order chi connectivity index (χ1) is 7.42. The van der Waals surface area contributed by atoms with Crippen molar-refractivity contribution in [1.82, 2.24) is 5.32 Å². The number of nitrogens with two attached hydrogens (primary N) is 1. The van der Waals surface area contributed by atoms with Crippen LogP contribution in [0, 0.1) is 0 Å².